The van der Waals surface area contributed by atoms with Crippen LogP contribution in [0.4, 0.5) is 5.82 Å². The minimum absolute atomic E-state index is 0. The van der Waals surface area contributed by atoms with Crippen molar-refractivity contribution in [2.45, 2.75) is 24.9 Å². The molecule has 3 rings (SSSR count). The Morgan fingerprint density at radius 1 is 1.13 bits per heavy atom. The van der Waals surface area contributed by atoms with Gasteiger partial charge in [0.2, 0.25) is 0 Å². The van der Waals surface area contributed by atoms with Gasteiger partial charge in [-0.2, -0.15) is 8.62 Å². The topological polar surface area (TPSA) is 259 Å². The van der Waals surface area contributed by atoms with Crippen LogP contribution < -0.4 is 5.73 Å². The van der Waals surface area contributed by atoms with E-state index in [1.54, 1.807) is 0 Å². The second-order valence-corrected chi connectivity index (χ2v) is 10.3. The molecule has 2 unspecified atom stereocenters. The first-order valence-electron chi connectivity index (χ1n) is 7.81. The molecular formula is C10H16MgN5O12P3+2. The van der Waals surface area contributed by atoms with Gasteiger partial charge in [0.25, 0.3) is 0 Å². The van der Waals surface area contributed by atoms with Crippen molar-refractivity contribution < 1.29 is 56.3 Å². The van der Waals surface area contributed by atoms with Crippen LogP contribution in [-0.2, 0) is 31.6 Å². The summed E-state index contributed by atoms with van der Waals surface area (Å²) < 4.78 is 52.3. The Bertz CT molecular complexity index is 1080. The van der Waals surface area contributed by atoms with E-state index in [-0.39, 0.29) is 46.5 Å². The molecule has 1 aliphatic rings. The molecule has 0 radical (unpaired) electrons. The second-order valence-electron chi connectivity index (χ2n) is 5.92. The minimum Gasteiger partial charge on any atom is -0.388 e. The number of aliphatic hydroxyl groups excluding tert-OH is 1. The van der Waals surface area contributed by atoms with E-state index in [0.717, 1.165) is 0 Å². The van der Waals surface area contributed by atoms with Crippen LogP contribution in [0.5, 0.6) is 0 Å². The van der Waals surface area contributed by atoms with Crippen molar-refractivity contribution in [1.82, 2.24) is 19.5 Å². The van der Waals surface area contributed by atoms with Crippen molar-refractivity contribution in [3.05, 3.63) is 12.7 Å². The molecule has 2 aromatic heterocycles. The molecule has 31 heavy (non-hydrogen) atoms. The number of nitrogens with zero attached hydrogens (tertiary/aromatic N) is 4. The number of rotatable bonds is 8. The van der Waals surface area contributed by atoms with Crippen LogP contribution >= 0.6 is 23.5 Å². The van der Waals surface area contributed by atoms with Crippen molar-refractivity contribution in [2.24, 2.45) is 0 Å². The van der Waals surface area contributed by atoms with E-state index in [1.807, 2.05) is 0 Å². The van der Waals surface area contributed by atoms with Gasteiger partial charge in [0.1, 0.15) is 17.9 Å². The molecular weight excluding hydrogens is 499 g/mol. The van der Waals surface area contributed by atoms with Gasteiger partial charge in [0.15, 0.2) is 17.7 Å². The molecule has 7 N–H and O–H groups in total. The fourth-order valence-electron chi connectivity index (χ4n) is 2.62. The van der Waals surface area contributed by atoms with Gasteiger partial charge >= 0.3 is 46.5 Å². The summed E-state index contributed by atoms with van der Waals surface area (Å²) in [7, 11) is -16.4. The zero-order valence-electron chi connectivity index (χ0n) is 15.3. The first-order valence-corrected chi connectivity index (χ1v) is 12.3. The third-order valence-electron chi connectivity index (χ3n) is 3.67. The SMILES string of the molecule is Nc1ncnc2c1ncn2[C@@H]1O[C@H](COP(=O)(O)OP(=O)(O)OP(=O)(O)O)C[C@H]1O.[Mg+2]. The maximum Gasteiger partial charge on any atom is 2.00 e. The summed E-state index contributed by atoms with van der Waals surface area (Å²) in [5.74, 6) is 0.107. The smallest absolute Gasteiger partial charge is 0.388 e. The molecule has 1 saturated heterocycles. The van der Waals surface area contributed by atoms with E-state index >= 15 is 0 Å². The second kappa shape index (κ2) is 9.75. The number of fused-ring (bicyclic) bond motifs is 1. The van der Waals surface area contributed by atoms with Crippen molar-refractivity contribution >= 4 is 63.5 Å². The molecule has 168 valence electrons. The van der Waals surface area contributed by atoms with Crippen molar-refractivity contribution in [3.8, 4) is 0 Å². The predicted octanol–water partition coefficient (Wildman–Crippen LogP) is -0.981. The van der Waals surface area contributed by atoms with E-state index in [0.29, 0.717) is 0 Å². The number of nitrogen functional groups attached to an aromatic ring is 1. The van der Waals surface area contributed by atoms with Gasteiger partial charge in [0.05, 0.1) is 19.0 Å². The minimum atomic E-state index is -5.62. The van der Waals surface area contributed by atoms with Crippen LogP contribution in [0.15, 0.2) is 12.7 Å². The third-order valence-corrected chi connectivity index (χ3v) is 7.47. The standard InChI is InChI=1S/C10H16N5O12P3.Mg/c11-8-7-9(13-3-12-8)15(4-14-7)10-6(16)1-5(25-10)2-24-29(20,21)27-30(22,23)26-28(17,18)19;/h3-6,10,16H,1-2H2,(H,20,21)(H,22,23)(H2,11,12,13)(H2,17,18,19);/q;+2/t5-,6+,10+;/m0./s1. The summed E-state index contributed by atoms with van der Waals surface area (Å²) in [6.45, 7) is -0.693. The molecule has 17 nitrogen and oxygen atoms in total. The maximum atomic E-state index is 11.8. The molecule has 5 atom stereocenters. The van der Waals surface area contributed by atoms with Gasteiger partial charge < -0.3 is 35.2 Å². The molecule has 1 aliphatic heterocycles. The molecule has 3 heterocycles. The van der Waals surface area contributed by atoms with Crippen molar-refractivity contribution in [2.75, 3.05) is 12.3 Å². The van der Waals surface area contributed by atoms with Gasteiger partial charge in [-0.1, -0.05) is 0 Å². The Labute approximate surface area is 189 Å². The van der Waals surface area contributed by atoms with Gasteiger partial charge in [-0.25, -0.2) is 28.6 Å². The fraction of sp³-hybridized carbons (Fsp3) is 0.500. The van der Waals surface area contributed by atoms with Gasteiger partial charge in [-0.3, -0.25) is 9.09 Å². The number of nitrogens with two attached hydrogens (primary N) is 1. The van der Waals surface area contributed by atoms with E-state index in [1.165, 1.54) is 17.2 Å². The Hall–Kier alpha value is -0.554. The predicted molar refractivity (Wildman–Crippen MR) is 99.8 cm³/mol. The zero-order valence-corrected chi connectivity index (χ0v) is 19.4. The van der Waals surface area contributed by atoms with Crippen LogP contribution in [0.3, 0.4) is 0 Å². The Morgan fingerprint density at radius 2 is 1.81 bits per heavy atom. The monoisotopic (exact) mass is 515 g/mol. The normalized spacial score (nSPS) is 25.6. The number of anilines is 1. The van der Waals surface area contributed by atoms with Gasteiger partial charge in [-0.05, 0) is 0 Å². The quantitative estimate of drug-likeness (QED) is 0.182. The molecule has 0 spiro atoms. The van der Waals surface area contributed by atoms with Gasteiger partial charge in [0, 0.05) is 6.42 Å². The summed E-state index contributed by atoms with van der Waals surface area (Å²) >= 11 is 0. The van der Waals surface area contributed by atoms with Crippen LogP contribution in [-0.4, -0.2) is 86.1 Å². The largest absolute Gasteiger partial charge is 2.00 e. The number of imidazole rings is 1. The number of aliphatic hydroxyl groups is 1. The molecule has 1 fully saturated rings. The summed E-state index contributed by atoms with van der Waals surface area (Å²) in [6.07, 6.45) is -0.711. The molecule has 21 heteroatoms. The van der Waals surface area contributed by atoms with Crippen LogP contribution in [0, 0.1) is 0 Å². The molecule has 2 aromatic rings. The summed E-state index contributed by atoms with van der Waals surface area (Å²) in [6, 6.07) is 0. The van der Waals surface area contributed by atoms with Crippen LogP contribution in [0.2, 0.25) is 0 Å². The Balaban J connectivity index is 0.00000341. The van der Waals surface area contributed by atoms with Crippen LogP contribution in [0.25, 0.3) is 11.2 Å². The molecule has 0 aliphatic carbocycles. The average molecular weight is 515 g/mol. The average Bonchev–Trinajstić information content (AvgIpc) is 3.13. The number of aromatic nitrogens is 4. The van der Waals surface area contributed by atoms with Crippen LogP contribution in [0.1, 0.15) is 12.6 Å². The number of hydrogen-bond donors (Lipinski definition) is 6. The van der Waals surface area contributed by atoms with E-state index in [4.69, 9.17) is 25.2 Å². The Kier molecular flexibility index (Phi) is 8.39. The first kappa shape index (κ1) is 26.7. The first-order chi connectivity index (χ1) is 13.8. The molecule has 0 aromatic carbocycles. The molecule has 0 bridgehead atoms. The summed E-state index contributed by atoms with van der Waals surface area (Å²) in [4.78, 5) is 47.4. The van der Waals surface area contributed by atoms with Gasteiger partial charge in [-0.15, -0.1) is 0 Å². The van der Waals surface area contributed by atoms with Crippen molar-refractivity contribution in [1.29, 1.82) is 0 Å². The number of phosphoric acid groups is 3. The zero-order chi connectivity index (χ0) is 22.3. The number of hydrogen-bond acceptors (Lipinski definition) is 12. The molecule has 0 amide bonds. The van der Waals surface area contributed by atoms with E-state index < -0.39 is 48.5 Å². The van der Waals surface area contributed by atoms with E-state index in [2.05, 4.69) is 28.1 Å². The summed E-state index contributed by atoms with van der Waals surface area (Å²) in [5, 5.41) is 10.2. The Morgan fingerprint density at radius 3 is 2.45 bits per heavy atom. The summed E-state index contributed by atoms with van der Waals surface area (Å²) in [5.41, 5.74) is 6.22. The van der Waals surface area contributed by atoms with Crippen molar-refractivity contribution in [3.63, 3.8) is 0 Å². The fourth-order valence-corrected chi connectivity index (χ4v) is 5.67. The number of phosphoric ester groups is 1. The number of ether oxygens (including phenoxy) is 1. The third kappa shape index (κ3) is 6.96. The maximum absolute atomic E-state index is 11.8. The molecule has 0 saturated carbocycles. The van der Waals surface area contributed by atoms with E-state index in [9.17, 15) is 23.7 Å².